The van der Waals surface area contributed by atoms with E-state index < -0.39 is 0 Å². The standard InChI is InChI=1S/C19H29NO2/c1-3-18(4-2,13-14-21)15-20-17(22)19(11-8-12-19)16-9-6-5-7-10-16/h5-7,9-10,21H,3-4,8,11-15H2,1-2H3,(H,20,22). The van der Waals surface area contributed by atoms with Crippen LogP contribution in [0, 0.1) is 5.41 Å². The summed E-state index contributed by atoms with van der Waals surface area (Å²) in [7, 11) is 0. The van der Waals surface area contributed by atoms with Crippen LogP contribution in [0.15, 0.2) is 30.3 Å². The number of carbonyl (C=O) groups is 1. The second-order valence-corrected chi connectivity index (χ2v) is 6.67. The summed E-state index contributed by atoms with van der Waals surface area (Å²) in [6.45, 7) is 5.12. The van der Waals surface area contributed by atoms with E-state index >= 15 is 0 Å². The van der Waals surface area contributed by atoms with Crippen molar-refractivity contribution >= 4 is 5.91 Å². The molecule has 2 N–H and O–H groups in total. The highest BCUT2D eigenvalue weighted by molar-refractivity contribution is 5.89. The number of amides is 1. The van der Waals surface area contributed by atoms with Crippen molar-refractivity contribution in [3.8, 4) is 0 Å². The Labute approximate surface area is 134 Å². The number of aliphatic hydroxyl groups is 1. The zero-order valence-corrected chi connectivity index (χ0v) is 13.9. The highest BCUT2D eigenvalue weighted by Crippen LogP contribution is 2.44. The van der Waals surface area contributed by atoms with Gasteiger partial charge in [0.15, 0.2) is 0 Å². The Morgan fingerprint density at radius 1 is 1.23 bits per heavy atom. The predicted octanol–water partition coefficient (Wildman–Crippen LogP) is 3.41. The second kappa shape index (κ2) is 7.28. The smallest absolute Gasteiger partial charge is 0.230 e. The SMILES string of the molecule is CCC(CC)(CCO)CNC(=O)C1(c2ccccc2)CCC1. The van der Waals surface area contributed by atoms with Gasteiger partial charge in [0.05, 0.1) is 5.41 Å². The summed E-state index contributed by atoms with van der Waals surface area (Å²) in [5.41, 5.74) is 0.833. The summed E-state index contributed by atoms with van der Waals surface area (Å²) in [5, 5.41) is 12.5. The molecule has 22 heavy (non-hydrogen) atoms. The molecule has 1 aromatic carbocycles. The van der Waals surface area contributed by atoms with E-state index in [9.17, 15) is 9.90 Å². The molecule has 0 bridgehead atoms. The largest absolute Gasteiger partial charge is 0.396 e. The van der Waals surface area contributed by atoms with Crippen LogP contribution in [0.2, 0.25) is 0 Å². The van der Waals surface area contributed by atoms with E-state index in [1.165, 1.54) is 0 Å². The van der Waals surface area contributed by atoms with Crippen LogP contribution in [-0.2, 0) is 10.2 Å². The van der Waals surface area contributed by atoms with E-state index in [4.69, 9.17) is 0 Å². The van der Waals surface area contributed by atoms with E-state index in [0.29, 0.717) is 6.54 Å². The number of benzene rings is 1. The number of carbonyl (C=O) groups excluding carboxylic acids is 1. The molecule has 3 nitrogen and oxygen atoms in total. The van der Waals surface area contributed by atoms with Gasteiger partial charge >= 0.3 is 0 Å². The number of rotatable bonds is 8. The average molecular weight is 303 g/mol. The van der Waals surface area contributed by atoms with Gasteiger partial charge in [-0.1, -0.05) is 50.6 Å². The quantitative estimate of drug-likeness (QED) is 0.773. The molecule has 0 atom stereocenters. The first-order valence-electron chi connectivity index (χ1n) is 8.57. The van der Waals surface area contributed by atoms with Crippen molar-refractivity contribution in [2.24, 2.45) is 5.41 Å². The van der Waals surface area contributed by atoms with Gasteiger partial charge < -0.3 is 10.4 Å². The van der Waals surface area contributed by atoms with Gasteiger partial charge in [-0.05, 0) is 43.1 Å². The van der Waals surface area contributed by atoms with Crippen LogP contribution >= 0.6 is 0 Å². The van der Waals surface area contributed by atoms with Crippen molar-refractivity contribution in [1.82, 2.24) is 5.32 Å². The fraction of sp³-hybridized carbons (Fsp3) is 0.632. The Bertz CT molecular complexity index is 475. The number of hydrogen-bond donors (Lipinski definition) is 2. The van der Waals surface area contributed by atoms with Gasteiger partial charge in [-0.3, -0.25) is 4.79 Å². The Hall–Kier alpha value is -1.35. The number of hydrogen-bond acceptors (Lipinski definition) is 2. The lowest BCUT2D eigenvalue weighted by Crippen LogP contribution is -2.51. The van der Waals surface area contributed by atoms with E-state index in [0.717, 1.165) is 44.1 Å². The van der Waals surface area contributed by atoms with Crippen molar-refractivity contribution in [3.63, 3.8) is 0 Å². The third-order valence-electron chi connectivity index (χ3n) is 5.73. The minimum Gasteiger partial charge on any atom is -0.396 e. The molecule has 3 heteroatoms. The van der Waals surface area contributed by atoms with Crippen molar-refractivity contribution in [1.29, 1.82) is 0 Å². The van der Waals surface area contributed by atoms with Gasteiger partial charge in [0.2, 0.25) is 5.91 Å². The summed E-state index contributed by atoms with van der Waals surface area (Å²) < 4.78 is 0. The maximum Gasteiger partial charge on any atom is 0.230 e. The van der Waals surface area contributed by atoms with Gasteiger partial charge in [-0.15, -0.1) is 0 Å². The molecule has 1 amide bonds. The molecule has 1 aromatic rings. The molecule has 0 radical (unpaired) electrons. The topological polar surface area (TPSA) is 49.3 Å². The third kappa shape index (κ3) is 3.19. The van der Waals surface area contributed by atoms with Crippen molar-refractivity contribution in [3.05, 3.63) is 35.9 Å². The monoisotopic (exact) mass is 303 g/mol. The van der Waals surface area contributed by atoms with E-state index in [2.05, 4.69) is 31.3 Å². The fourth-order valence-corrected chi connectivity index (χ4v) is 3.55. The van der Waals surface area contributed by atoms with Crippen molar-refractivity contribution in [2.45, 2.75) is 57.8 Å². The Morgan fingerprint density at radius 3 is 2.32 bits per heavy atom. The molecule has 122 valence electrons. The minimum atomic E-state index is -0.326. The second-order valence-electron chi connectivity index (χ2n) is 6.67. The minimum absolute atomic E-state index is 0.0199. The van der Waals surface area contributed by atoms with Gasteiger partial charge in [0.25, 0.3) is 0 Å². The normalized spacial score (nSPS) is 16.9. The molecule has 0 aromatic heterocycles. The van der Waals surface area contributed by atoms with Crippen LogP contribution in [0.25, 0.3) is 0 Å². The van der Waals surface area contributed by atoms with Crippen molar-refractivity contribution in [2.75, 3.05) is 13.2 Å². The van der Waals surface area contributed by atoms with Crippen LogP contribution in [0.5, 0.6) is 0 Å². The number of aliphatic hydroxyl groups excluding tert-OH is 1. The zero-order chi connectivity index (χ0) is 16.1. The first kappa shape index (κ1) is 17.0. The van der Waals surface area contributed by atoms with Crippen LogP contribution in [-0.4, -0.2) is 24.2 Å². The molecule has 1 aliphatic rings. The summed E-state index contributed by atoms with van der Waals surface area (Å²) in [5.74, 6) is 0.161. The van der Waals surface area contributed by atoms with Gasteiger partial charge in [0, 0.05) is 13.2 Å². The fourth-order valence-electron chi connectivity index (χ4n) is 3.55. The van der Waals surface area contributed by atoms with E-state index in [1.54, 1.807) is 0 Å². The van der Waals surface area contributed by atoms with Crippen LogP contribution in [0.3, 0.4) is 0 Å². The molecule has 1 fully saturated rings. The Morgan fingerprint density at radius 2 is 1.86 bits per heavy atom. The maximum atomic E-state index is 12.9. The molecular formula is C19H29NO2. The zero-order valence-electron chi connectivity index (χ0n) is 13.9. The lowest BCUT2D eigenvalue weighted by molar-refractivity contribution is -0.130. The average Bonchev–Trinajstić information content (AvgIpc) is 2.51. The summed E-state index contributed by atoms with van der Waals surface area (Å²) in [6.07, 6.45) is 5.69. The first-order valence-corrected chi connectivity index (χ1v) is 8.57. The summed E-state index contributed by atoms with van der Waals surface area (Å²) in [4.78, 5) is 12.9. The Kier molecular flexibility index (Phi) is 5.63. The molecule has 1 saturated carbocycles. The molecular weight excluding hydrogens is 274 g/mol. The molecule has 0 heterocycles. The first-order chi connectivity index (χ1) is 10.6. The highest BCUT2D eigenvalue weighted by atomic mass is 16.3. The van der Waals surface area contributed by atoms with Crippen LogP contribution in [0.1, 0.15) is 57.9 Å². The predicted molar refractivity (Wildman–Crippen MR) is 89.7 cm³/mol. The molecule has 0 spiro atoms. The molecule has 1 aliphatic carbocycles. The number of nitrogens with one attached hydrogen (secondary N) is 1. The van der Waals surface area contributed by atoms with Gasteiger partial charge in [0.1, 0.15) is 0 Å². The van der Waals surface area contributed by atoms with Gasteiger partial charge in [-0.25, -0.2) is 0 Å². The molecule has 0 unspecified atom stereocenters. The summed E-state index contributed by atoms with van der Waals surface area (Å²) >= 11 is 0. The molecule has 0 aliphatic heterocycles. The van der Waals surface area contributed by atoms with Crippen molar-refractivity contribution < 1.29 is 9.90 Å². The Balaban J connectivity index is 2.07. The van der Waals surface area contributed by atoms with Crippen LogP contribution in [0.4, 0.5) is 0 Å². The third-order valence-corrected chi connectivity index (χ3v) is 5.73. The molecule has 2 rings (SSSR count). The molecule has 0 saturated heterocycles. The lowest BCUT2D eigenvalue weighted by Gasteiger charge is -2.42. The maximum absolute atomic E-state index is 12.9. The highest BCUT2D eigenvalue weighted by Gasteiger charge is 2.45. The summed E-state index contributed by atoms with van der Waals surface area (Å²) in [6, 6.07) is 10.2. The van der Waals surface area contributed by atoms with Crippen LogP contribution < -0.4 is 5.32 Å². The van der Waals surface area contributed by atoms with E-state index in [-0.39, 0.29) is 23.3 Å². The van der Waals surface area contributed by atoms with E-state index in [1.807, 2.05) is 18.2 Å². The lowest BCUT2D eigenvalue weighted by atomic mass is 9.63. The van der Waals surface area contributed by atoms with Gasteiger partial charge in [-0.2, -0.15) is 0 Å².